The van der Waals surface area contributed by atoms with Gasteiger partial charge in [-0.05, 0) is 0 Å². The van der Waals surface area contributed by atoms with Crippen molar-refractivity contribution in [3.63, 3.8) is 0 Å². The van der Waals surface area contributed by atoms with Crippen LogP contribution in [0.4, 0.5) is 5.13 Å². The molecular weight excluding hydrogens is 284 g/mol. The van der Waals surface area contributed by atoms with Crippen molar-refractivity contribution in [1.82, 2.24) is 25.0 Å². The monoisotopic (exact) mass is 298 g/mol. The summed E-state index contributed by atoms with van der Waals surface area (Å²) in [6.07, 6.45) is 1.60. The summed E-state index contributed by atoms with van der Waals surface area (Å²) in [5.41, 5.74) is 0. The predicted molar refractivity (Wildman–Crippen MR) is 74.4 cm³/mol. The van der Waals surface area contributed by atoms with Crippen LogP contribution < -0.4 is 5.32 Å². The van der Waals surface area contributed by atoms with Crippen molar-refractivity contribution >= 4 is 34.1 Å². The van der Waals surface area contributed by atoms with E-state index in [2.05, 4.69) is 25.7 Å². The van der Waals surface area contributed by atoms with Gasteiger partial charge in [-0.15, -0.1) is 20.4 Å². The Morgan fingerprint density at radius 3 is 2.84 bits per heavy atom. The minimum Gasteiger partial charge on any atom is -0.312 e. The fourth-order valence-corrected chi connectivity index (χ4v) is 2.66. The molecule has 0 bridgehead atoms. The lowest BCUT2D eigenvalue weighted by Gasteiger charge is -2.00. The first-order valence-corrected chi connectivity index (χ1v) is 7.46. The molecule has 1 amide bonds. The molecule has 0 spiro atoms. The lowest BCUT2D eigenvalue weighted by molar-refractivity contribution is -0.113. The van der Waals surface area contributed by atoms with Crippen molar-refractivity contribution in [3.05, 3.63) is 11.3 Å². The van der Waals surface area contributed by atoms with Crippen LogP contribution in [0.2, 0.25) is 0 Å². The Morgan fingerprint density at radius 1 is 1.47 bits per heavy atom. The van der Waals surface area contributed by atoms with Gasteiger partial charge in [0.1, 0.15) is 11.3 Å². The van der Waals surface area contributed by atoms with Gasteiger partial charge in [0.25, 0.3) is 0 Å². The number of thioether (sulfide) groups is 1. The molecule has 0 aromatic carbocycles. The Labute approximate surface area is 118 Å². The average molecular weight is 298 g/mol. The number of aromatic nitrogens is 5. The van der Waals surface area contributed by atoms with Crippen molar-refractivity contribution in [3.8, 4) is 0 Å². The van der Waals surface area contributed by atoms with Gasteiger partial charge in [-0.2, -0.15) is 0 Å². The van der Waals surface area contributed by atoms with Gasteiger partial charge in [0.2, 0.25) is 11.0 Å². The quantitative estimate of drug-likeness (QED) is 0.842. The van der Waals surface area contributed by atoms with E-state index in [1.807, 2.05) is 20.9 Å². The van der Waals surface area contributed by atoms with Gasteiger partial charge in [0, 0.05) is 13.0 Å². The Balaban J connectivity index is 1.85. The van der Waals surface area contributed by atoms with E-state index in [1.54, 1.807) is 10.9 Å². The number of nitrogens with one attached hydrogen (secondary N) is 1. The third-order valence-electron chi connectivity index (χ3n) is 2.18. The summed E-state index contributed by atoms with van der Waals surface area (Å²) in [6.45, 7) is 4.08. The molecule has 2 aromatic rings. The number of carbonyl (C=O) groups is 1. The van der Waals surface area contributed by atoms with Gasteiger partial charge in [-0.3, -0.25) is 10.1 Å². The van der Waals surface area contributed by atoms with Crippen molar-refractivity contribution in [2.45, 2.75) is 24.9 Å². The molecule has 2 heterocycles. The van der Waals surface area contributed by atoms with Crippen LogP contribution in [0.25, 0.3) is 0 Å². The first kappa shape index (κ1) is 13.9. The topological polar surface area (TPSA) is 85.6 Å². The van der Waals surface area contributed by atoms with E-state index in [1.165, 1.54) is 23.1 Å². The summed E-state index contributed by atoms with van der Waals surface area (Å²) in [5, 5.41) is 20.5. The van der Waals surface area contributed by atoms with Gasteiger partial charge in [0.15, 0.2) is 5.16 Å². The summed E-state index contributed by atoms with van der Waals surface area (Å²) < 4.78 is 1.76. The van der Waals surface area contributed by atoms with Crippen molar-refractivity contribution in [2.24, 2.45) is 7.05 Å². The van der Waals surface area contributed by atoms with Gasteiger partial charge in [-0.25, -0.2) is 0 Å². The molecule has 7 nitrogen and oxygen atoms in total. The van der Waals surface area contributed by atoms with Gasteiger partial charge in [-0.1, -0.05) is 36.9 Å². The van der Waals surface area contributed by atoms with Crippen LogP contribution >= 0.6 is 23.1 Å². The Kier molecular flexibility index (Phi) is 4.48. The second-order valence-electron chi connectivity index (χ2n) is 4.16. The van der Waals surface area contributed by atoms with Gasteiger partial charge < -0.3 is 4.57 Å². The first-order chi connectivity index (χ1) is 9.06. The van der Waals surface area contributed by atoms with E-state index in [4.69, 9.17) is 0 Å². The summed E-state index contributed by atoms with van der Waals surface area (Å²) in [4.78, 5) is 11.7. The van der Waals surface area contributed by atoms with Crippen LogP contribution in [0.3, 0.4) is 0 Å². The van der Waals surface area contributed by atoms with E-state index >= 15 is 0 Å². The van der Waals surface area contributed by atoms with Gasteiger partial charge >= 0.3 is 0 Å². The SMILES string of the molecule is CC(C)c1nnc(NC(=O)CSc2nncn2C)s1. The largest absolute Gasteiger partial charge is 0.312 e. The molecule has 9 heteroatoms. The molecule has 0 aliphatic rings. The molecule has 0 saturated heterocycles. The Bertz CT molecular complexity index is 564. The number of anilines is 1. The summed E-state index contributed by atoms with van der Waals surface area (Å²) >= 11 is 2.73. The maximum Gasteiger partial charge on any atom is 0.236 e. The number of hydrogen-bond acceptors (Lipinski definition) is 7. The molecule has 0 saturated carbocycles. The highest BCUT2D eigenvalue weighted by atomic mass is 32.2. The van der Waals surface area contributed by atoms with Crippen LogP contribution in [-0.4, -0.2) is 36.6 Å². The number of rotatable bonds is 5. The van der Waals surface area contributed by atoms with E-state index < -0.39 is 0 Å². The highest BCUT2D eigenvalue weighted by Gasteiger charge is 2.11. The molecule has 0 fully saturated rings. The third-order valence-corrected chi connectivity index (χ3v) is 4.36. The molecule has 1 N–H and O–H groups in total. The van der Waals surface area contributed by atoms with Crippen molar-refractivity contribution in [1.29, 1.82) is 0 Å². The molecule has 102 valence electrons. The second kappa shape index (κ2) is 6.11. The highest BCUT2D eigenvalue weighted by Crippen LogP contribution is 2.22. The number of carbonyl (C=O) groups excluding carboxylic acids is 1. The lowest BCUT2D eigenvalue weighted by atomic mass is 10.2. The minimum absolute atomic E-state index is 0.126. The average Bonchev–Trinajstić information content (AvgIpc) is 2.96. The maximum absolute atomic E-state index is 11.7. The molecule has 2 rings (SSSR count). The lowest BCUT2D eigenvalue weighted by Crippen LogP contribution is -2.14. The van der Waals surface area contributed by atoms with E-state index in [-0.39, 0.29) is 11.7 Å². The zero-order valence-corrected chi connectivity index (χ0v) is 12.5. The smallest absolute Gasteiger partial charge is 0.236 e. The highest BCUT2D eigenvalue weighted by molar-refractivity contribution is 7.99. The summed E-state index contributed by atoms with van der Waals surface area (Å²) in [6, 6.07) is 0. The minimum atomic E-state index is -0.126. The fourth-order valence-electron chi connectivity index (χ4n) is 1.21. The molecule has 0 aliphatic heterocycles. The molecule has 2 aromatic heterocycles. The predicted octanol–water partition coefficient (Wildman–Crippen LogP) is 1.52. The third kappa shape index (κ3) is 3.74. The first-order valence-electron chi connectivity index (χ1n) is 5.66. The van der Waals surface area contributed by atoms with E-state index in [0.29, 0.717) is 16.2 Å². The number of nitrogens with zero attached hydrogens (tertiary/aromatic N) is 5. The van der Waals surface area contributed by atoms with Crippen molar-refractivity contribution < 1.29 is 4.79 Å². The molecular formula is C10H14N6OS2. The zero-order valence-electron chi connectivity index (χ0n) is 10.8. The number of amides is 1. The van der Waals surface area contributed by atoms with E-state index in [9.17, 15) is 4.79 Å². The zero-order chi connectivity index (χ0) is 13.8. The fraction of sp³-hybridized carbons (Fsp3) is 0.500. The van der Waals surface area contributed by atoms with Crippen LogP contribution in [0, 0.1) is 0 Å². The molecule has 0 aliphatic carbocycles. The summed E-state index contributed by atoms with van der Waals surface area (Å²) in [5.74, 6) is 0.457. The molecule has 0 atom stereocenters. The molecule has 19 heavy (non-hydrogen) atoms. The van der Waals surface area contributed by atoms with Crippen LogP contribution in [-0.2, 0) is 11.8 Å². The maximum atomic E-state index is 11.7. The van der Waals surface area contributed by atoms with Crippen LogP contribution in [0.1, 0.15) is 24.8 Å². The molecule has 0 unspecified atom stereocenters. The van der Waals surface area contributed by atoms with Crippen LogP contribution in [0.15, 0.2) is 11.5 Å². The van der Waals surface area contributed by atoms with E-state index in [0.717, 1.165) is 5.01 Å². The number of hydrogen-bond donors (Lipinski definition) is 1. The summed E-state index contributed by atoms with van der Waals surface area (Å²) in [7, 11) is 1.83. The Hall–Kier alpha value is -1.48. The van der Waals surface area contributed by atoms with Crippen LogP contribution in [0.5, 0.6) is 0 Å². The number of aryl methyl sites for hydroxylation is 1. The Morgan fingerprint density at radius 2 is 2.26 bits per heavy atom. The standard InChI is InChI=1S/C10H14N6OS2/c1-6(2)8-13-14-9(19-8)12-7(17)4-18-10-15-11-5-16(10)3/h5-6H,4H2,1-3H3,(H,12,14,17). The normalized spacial score (nSPS) is 10.9. The molecule has 0 radical (unpaired) electrons. The van der Waals surface area contributed by atoms with Gasteiger partial charge in [0.05, 0.1) is 5.75 Å². The van der Waals surface area contributed by atoms with Crippen molar-refractivity contribution in [2.75, 3.05) is 11.1 Å². The second-order valence-corrected chi connectivity index (χ2v) is 6.11.